The molecule has 0 saturated heterocycles. The number of benzene rings is 2. The number of rotatable bonds is 2. The Labute approximate surface area is 129 Å². The van der Waals surface area contributed by atoms with Crippen molar-refractivity contribution in [3.63, 3.8) is 0 Å². The normalized spacial score (nSPS) is 10.8. The van der Waals surface area contributed by atoms with Crippen molar-refractivity contribution in [2.24, 2.45) is 0 Å². The van der Waals surface area contributed by atoms with Gasteiger partial charge in [-0.25, -0.2) is 22.5 Å². The summed E-state index contributed by atoms with van der Waals surface area (Å²) in [7, 11) is 0. The minimum absolute atomic E-state index is 0.0458. The molecule has 2 N–H and O–H groups in total. The Balaban J connectivity index is 2.21. The molecular formula is C17H10F4N2. The lowest BCUT2D eigenvalue weighted by Crippen LogP contribution is -1.99. The van der Waals surface area contributed by atoms with E-state index in [1.54, 1.807) is 0 Å². The van der Waals surface area contributed by atoms with E-state index in [2.05, 4.69) is 4.98 Å². The summed E-state index contributed by atoms with van der Waals surface area (Å²) in [5.41, 5.74) is 5.87. The van der Waals surface area contributed by atoms with E-state index < -0.39 is 23.3 Å². The van der Waals surface area contributed by atoms with Crippen molar-refractivity contribution < 1.29 is 17.6 Å². The first-order chi connectivity index (χ1) is 11.0. The average molecular weight is 318 g/mol. The van der Waals surface area contributed by atoms with Gasteiger partial charge in [-0.15, -0.1) is 0 Å². The summed E-state index contributed by atoms with van der Waals surface area (Å²) < 4.78 is 54.6. The molecule has 3 rings (SSSR count). The summed E-state index contributed by atoms with van der Waals surface area (Å²) in [4.78, 5) is 3.87. The molecule has 6 heteroatoms. The van der Waals surface area contributed by atoms with Crippen LogP contribution in [0.3, 0.4) is 0 Å². The second kappa shape index (κ2) is 5.72. The van der Waals surface area contributed by atoms with Gasteiger partial charge in [0.1, 0.15) is 5.82 Å². The van der Waals surface area contributed by atoms with Crippen molar-refractivity contribution in [2.45, 2.75) is 0 Å². The Kier molecular flexibility index (Phi) is 3.73. The maximum absolute atomic E-state index is 14.0. The molecule has 1 aromatic heterocycles. The first-order valence-electron chi connectivity index (χ1n) is 6.63. The molecule has 0 radical (unpaired) electrons. The Bertz CT molecular complexity index is 894. The maximum Gasteiger partial charge on any atom is 0.166 e. The number of nitrogen functional groups attached to an aromatic ring is 1. The van der Waals surface area contributed by atoms with Crippen LogP contribution in [0, 0.1) is 23.3 Å². The Morgan fingerprint density at radius 2 is 1.30 bits per heavy atom. The second-order valence-electron chi connectivity index (χ2n) is 4.86. The maximum atomic E-state index is 14.0. The molecule has 23 heavy (non-hydrogen) atoms. The van der Waals surface area contributed by atoms with E-state index in [1.165, 1.54) is 36.5 Å². The van der Waals surface area contributed by atoms with Gasteiger partial charge in [-0.05, 0) is 18.2 Å². The van der Waals surface area contributed by atoms with Crippen LogP contribution in [0.15, 0.2) is 48.7 Å². The molecule has 0 fully saturated rings. The molecular weight excluding hydrogens is 308 g/mol. The van der Waals surface area contributed by atoms with E-state index in [-0.39, 0.29) is 28.1 Å². The lowest BCUT2D eigenvalue weighted by molar-refractivity contribution is 0.511. The molecule has 0 atom stereocenters. The van der Waals surface area contributed by atoms with Gasteiger partial charge in [-0.2, -0.15) is 0 Å². The summed E-state index contributed by atoms with van der Waals surface area (Å²) in [6, 6.07) is 8.65. The molecule has 0 unspecified atom stereocenters. The summed E-state index contributed by atoms with van der Waals surface area (Å²) in [6.07, 6.45) is 1.24. The van der Waals surface area contributed by atoms with Gasteiger partial charge < -0.3 is 5.73 Å². The number of anilines is 1. The number of aromatic nitrogens is 1. The van der Waals surface area contributed by atoms with Gasteiger partial charge >= 0.3 is 0 Å². The highest BCUT2D eigenvalue weighted by atomic mass is 19.2. The molecule has 116 valence electrons. The third-order valence-electron chi connectivity index (χ3n) is 3.42. The standard InChI is InChI=1S/C17H10F4N2/c18-13-5-1-3-10(15(13)20)9-7-12(17(22)23-8-9)11-4-2-6-14(19)16(11)21/h1-8H,(H2,22,23). The highest BCUT2D eigenvalue weighted by molar-refractivity contribution is 5.79. The molecule has 1 heterocycles. The first-order valence-corrected chi connectivity index (χ1v) is 6.63. The van der Waals surface area contributed by atoms with Gasteiger partial charge in [0.2, 0.25) is 0 Å². The quantitative estimate of drug-likeness (QED) is 0.704. The fourth-order valence-corrected chi connectivity index (χ4v) is 2.28. The van der Waals surface area contributed by atoms with Gasteiger partial charge in [-0.1, -0.05) is 24.3 Å². The lowest BCUT2D eigenvalue weighted by atomic mass is 10.00. The van der Waals surface area contributed by atoms with Crippen LogP contribution in [0.2, 0.25) is 0 Å². The first kappa shape index (κ1) is 15.0. The molecule has 0 bridgehead atoms. The number of hydrogen-bond acceptors (Lipinski definition) is 2. The average Bonchev–Trinajstić information content (AvgIpc) is 2.54. The predicted molar refractivity (Wildman–Crippen MR) is 79.4 cm³/mol. The van der Waals surface area contributed by atoms with Crippen molar-refractivity contribution in [3.8, 4) is 22.3 Å². The largest absolute Gasteiger partial charge is 0.383 e. The Morgan fingerprint density at radius 3 is 1.96 bits per heavy atom. The van der Waals surface area contributed by atoms with Crippen LogP contribution >= 0.6 is 0 Å². The molecule has 3 aromatic rings. The lowest BCUT2D eigenvalue weighted by Gasteiger charge is -2.10. The summed E-state index contributed by atoms with van der Waals surface area (Å²) in [6.45, 7) is 0. The smallest absolute Gasteiger partial charge is 0.166 e. The van der Waals surface area contributed by atoms with Crippen molar-refractivity contribution in [1.82, 2.24) is 4.98 Å². The van der Waals surface area contributed by atoms with E-state index in [0.717, 1.165) is 12.1 Å². The molecule has 0 aliphatic carbocycles. The highest BCUT2D eigenvalue weighted by Gasteiger charge is 2.16. The predicted octanol–water partition coefficient (Wildman–Crippen LogP) is 4.55. The van der Waals surface area contributed by atoms with Crippen LogP contribution in [0.25, 0.3) is 22.3 Å². The van der Waals surface area contributed by atoms with Crippen molar-refractivity contribution in [3.05, 3.63) is 71.9 Å². The summed E-state index contributed by atoms with van der Waals surface area (Å²) in [5, 5.41) is 0. The zero-order valence-corrected chi connectivity index (χ0v) is 11.7. The van der Waals surface area contributed by atoms with Crippen molar-refractivity contribution in [2.75, 3.05) is 5.73 Å². The highest BCUT2D eigenvalue weighted by Crippen LogP contribution is 2.33. The van der Waals surface area contributed by atoms with Crippen LogP contribution in [0.4, 0.5) is 23.4 Å². The number of nitrogens with two attached hydrogens (primary N) is 1. The van der Waals surface area contributed by atoms with Gasteiger partial charge in [0.15, 0.2) is 23.3 Å². The Morgan fingerprint density at radius 1 is 0.739 bits per heavy atom. The van der Waals surface area contributed by atoms with Crippen molar-refractivity contribution in [1.29, 1.82) is 0 Å². The zero-order valence-electron chi connectivity index (χ0n) is 11.7. The number of pyridine rings is 1. The van der Waals surface area contributed by atoms with E-state index in [9.17, 15) is 17.6 Å². The van der Waals surface area contributed by atoms with E-state index in [4.69, 9.17) is 5.73 Å². The third-order valence-corrected chi connectivity index (χ3v) is 3.42. The number of hydrogen-bond donors (Lipinski definition) is 1. The van der Waals surface area contributed by atoms with Gasteiger partial charge in [0.05, 0.1) is 0 Å². The molecule has 0 aliphatic rings. The fraction of sp³-hybridized carbons (Fsp3) is 0. The second-order valence-corrected chi connectivity index (χ2v) is 4.86. The monoisotopic (exact) mass is 318 g/mol. The zero-order chi connectivity index (χ0) is 16.6. The molecule has 0 spiro atoms. The minimum Gasteiger partial charge on any atom is -0.383 e. The SMILES string of the molecule is Nc1ncc(-c2cccc(F)c2F)cc1-c1cccc(F)c1F. The van der Waals surface area contributed by atoms with Crippen LogP contribution < -0.4 is 5.73 Å². The fourth-order valence-electron chi connectivity index (χ4n) is 2.28. The summed E-state index contributed by atoms with van der Waals surface area (Å²) >= 11 is 0. The van der Waals surface area contributed by atoms with Crippen LogP contribution in [-0.2, 0) is 0 Å². The van der Waals surface area contributed by atoms with Crippen LogP contribution in [-0.4, -0.2) is 4.98 Å². The van der Waals surface area contributed by atoms with Crippen LogP contribution in [0.1, 0.15) is 0 Å². The Hall–Kier alpha value is -2.89. The summed E-state index contributed by atoms with van der Waals surface area (Å²) in [5.74, 6) is -4.24. The van der Waals surface area contributed by atoms with E-state index in [1.807, 2.05) is 0 Å². The topological polar surface area (TPSA) is 38.9 Å². The molecule has 0 saturated carbocycles. The van der Waals surface area contributed by atoms with E-state index >= 15 is 0 Å². The number of nitrogens with zero attached hydrogens (tertiary/aromatic N) is 1. The van der Waals surface area contributed by atoms with E-state index in [0.29, 0.717) is 0 Å². The third kappa shape index (κ3) is 2.63. The molecule has 2 aromatic carbocycles. The van der Waals surface area contributed by atoms with Crippen LogP contribution in [0.5, 0.6) is 0 Å². The minimum atomic E-state index is -1.09. The number of halogens is 4. The molecule has 2 nitrogen and oxygen atoms in total. The molecule has 0 aliphatic heterocycles. The molecule has 0 amide bonds. The van der Waals surface area contributed by atoms with Gasteiger partial charge in [0.25, 0.3) is 0 Å². The van der Waals surface area contributed by atoms with Gasteiger partial charge in [-0.3, -0.25) is 0 Å². The van der Waals surface area contributed by atoms with Crippen molar-refractivity contribution >= 4 is 5.82 Å². The van der Waals surface area contributed by atoms with Gasteiger partial charge in [0, 0.05) is 28.5 Å².